The number of para-hydroxylation sites is 1. The standard InChI is InChI=1S/C22H20N4O3S/c23-13-15-6-5-7-16(12-15)24-19(27)14-26-17-8-1-2-9-18(17)30-20(22(26)29)21(28)25-10-3-4-11-25/h1-2,5-9,12,20H,3-4,10-11,14H2,(H,24,27)/t20-/m0/s1. The highest BCUT2D eigenvalue weighted by atomic mass is 32.2. The number of anilines is 2. The van der Waals surface area contributed by atoms with Crippen molar-refractivity contribution in [2.75, 3.05) is 29.9 Å². The Hall–Kier alpha value is -3.31. The molecule has 0 unspecified atom stereocenters. The van der Waals surface area contributed by atoms with E-state index in [-0.39, 0.29) is 18.4 Å². The van der Waals surface area contributed by atoms with Gasteiger partial charge in [-0.2, -0.15) is 5.26 Å². The predicted molar refractivity (Wildman–Crippen MR) is 114 cm³/mol. The number of nitrogens with one attached hydrogen (secondary N) is 1. The SMILES string of the molecule is N#Cc1cccc(NC(=O)CN2C(=O)[C@H](C(=O)N3CCCC3)Sc3ccccc32)c1. The van der Waals surface area contributed by atoms with E-state index in [1.54, 1.807) is 41.3 Å². The molecule has 1 fully saturated rings. The van der Waals surface area contributed by atoms with Gasteiger partial charge in [0.2, 0.25) is 11.8 Å². The molecule has 7 nitrogen and oxygen atoms in total. The first-order chi connectivity index (χ1) is 14.6. The first kappa shape index (κ1) is 20.0. The fraction of sp³-hybridized carbons (Fsp3) is 0.273. The van der Waals surface area contributed by atoms with E-state index in [0.717, 1.165) is 17.7 Å². The van der Waals surface area contributed by atoms with Crippen molar-refractivity contribution in [2.45, 2.75) is 23.0 Å². The molecule has 0 spiro atoms. The molecule has 152 valence electrons. The Morgan fingerprint density at radius 3 is 2.67 bits per heavy atom. The lowest BCUT2D eigenvalue weighted by Crippen LogP contribution is -2.51. The third kappa shape index (κ3) is 4.02. The van der Waals surface area contributed by atoms with E-state index in [2.05, 4.69) is 5.32 Å². The highest BCUT2D eigenvalue weighted by molar-refractivity contribution is 8.01. The first-order valence-electron chi connectivity index (χ1n) is 9.72. The van der Waals surface area contributed by atoms with Crippen LogP contribution in [0.4, 0.5) is 11.4 Å². The lowest BCUT2D eigenvalue weighted by Gasteiger charge is -2.34. The highest BCUT2D eigenvalue weighted by Gasteiger charge is 2.41. The monoisotopic (exact) mass is 420 g/mol. The zero-order valence-corrected chi connectivity index (χ0v) is 17.0. The Kier molecular flexibility index (Phi) is 5.72. The van der Waals surface area contributed by atoms with Crippen LogP contribution < -0.4 is 10.2 Å². The fourth-order valence-corrected chi connectivity index (χ4v) is 4.84. The van der Waals surface area contributed by atoms with Gasteiger partial charge in [0.05, 0.1) is 17.3 Å². The Balaban J connectivity index is 1.55. The molecule has 0 aromatic heterocycles. The van der Waals surface area contributed by atoms with Crippen molar-refractivity contribution < 1.29 is 14.4 Å². The number of likely N-dealkylation sites (tertiary alicyclic amines) is 1. The molecule has 0 aliphatic carbocycles. The Labute approximate surface area is 178 Å². The number of fused-ring (bicyclic) bond motifs is 1. The summed E-state index contributed by atoms with van der Waals surface area (Å²) >= 11 is 1.25. The third-order valence-corrected chi connectivity index (χ3v) is 6.35. The summed E-state index contributed by atoms with van der Waals surface area (Å²) in [6, 6.07) is 15.9. The lowest BCUT2D eigenvalue weighted by molar-refractivity contribution is -0.134. The molecule has 2 aromatic rings. The number of nitrogens with zero attached hydrogens (tertiary/aromatic N) is 3. The zero-order chi connectivity index (χ0) is 21.1. The van der Waals surface area contributed by atoms with Gasteiger partial charge in [-0.3, -0.25) is 14.4 Å². The van der Waals surface area contributed by atoms with E-state index in [0.29, 0.717) is 30.0 Å². The van der Waals surface area contributed by atoms with E-state index in [4.69, 9.17) is 5.26 Å². The number of hydrogen-bond acceptors (Lipinski definition) is 5. The van der Waals surface area contributed by atoms with Gasteiger partial charge in [0, 0.05) is 23.7 Å². The number of hydrogen-bond donors (Lipinski definition) is 1. The lowest BCUT2D eigenvalue weighted by atomic mass is 10.2. The Morgan fingerprint density at radius 1 is 1.13 bits per heavy atom. The van der Waals surface area contributed by atoms with Crippen LogP contribution in [0.1, 0.15) is 18.4 Å². The average Bonchev–Trinajstić information content (AvgIpc) is 3.30. The van der Waals surface area contributed by atoms with Gasteiger partial charge in [0.25, 0.3) is 5.91 Å². The topological polar surface area (TPSA) is 93.5 Å². The molecule has 8 heteroatoms. The van der Waals surface area contributed by atoms with Gasteiger partial charge in [-0.1, -0.05) is 18.2 Å². The number of carbonyl (C=O) groups is 3. The number of rotatable bonds is 4. The highest BCUT2D eigenvalue weighted by Crippen LogP contribution is 2.40. The van der Waals surface area contributed by atoms with E-state index in [9.17, 15) is 14.4 Å². The van der Waals surface area contributed by atoms with Gasteiger partial charge in [-0.05, 0) is 43.2 Å². The van der Waals surface area contributed by atoms with E-state index < -0.39 is 11.2 Å². The van der Waals surface area contributed by atoms with Crippen molar-refractivity contribution in [2.24, 2.45) is 0 Å². The molecular weight excluding hydrogens is 400 g/mol. The molecule has 0 radical (unpaired) electrons. The summed E-state index contributed by atoms with van der Waals surface area (Å²) in [6.45, 7) is 1.12. The number of amides is 3. The fourth-order valence-electron chi connectivity index (χ4n) is 3.65. The molecule has 2 heterocycles. The van der Waals surface area contributed by atoms with Crippen molar-refractivity contribution >= 4 is 40.9 Å². The summed E-state index contributed by atoms with van der Waals surface area (Å²) in [5.74, 6) is -0.965. The molecule has 1 N–H and O–H groups in total. The van der Waals surface area contributed by atoms with E-state index >= 15 is 0 Å². The largest absolute Gasteiger partial charge is 0.341 e. The molecule has 1 atom stereocenters. The number of benzene rings is 2. The van der Waals surface area contributed by atoms with Crippen LogP contribution in [0, 0.1) is 11.3 Å². The Bertz CT molecular complexity index is 1040. The zero-order valence-electron chi connectivity index (χ0n) is 16.2. The number of nitriles is 1. The molecule has 30 heavy (non-hydrogen) atoms. The molecule has 2 aromatic carbocycles. The van der Waals surface area contributed by atoms with E-state index in [1.165, 1.54) is 16.7 Å². The number of thioether (sulfide) groups is 1. The summed E-state index contributed by atoms with van der Waals surface area (Å²) in [5, 5.41) is 10.9. The van der Waals surface area contributed by atoms with Crippen LogP contribution in [0.25, 0.3) is 0 Å². The minimum atomic E-state index is -0.882. The van der Waals surface area contributed by atoms with Crippen molar-refractivity contribution in [3.63, 3.8) is 0 Å². The molecule has 1 saturated heterocycles. The predicted octanol–water partition coefficient (Wildman–Crippen LogP) is 2.63. The van der Waals surface area contributed by atoms with Crippen LogP contribution in [0.2, 0.25) is 0 Å². The van der Waals surface area contributed by atoms with Crippen LogP contribution in [-0.4, -0.2) is 47.5 Å². The summed E-state index contributed by atoms with van der Waals surface area (Å²) in [4.78, 5) is 42.7. The maximum atomic E-state index is 13.2. The molecule has 3 amide bonds. The second-order valence-electron chi connectivity index (χ2n) is 7.16. The van der Waals surface area contributed by atoms with Gasteiger partial charge >= 0.3 is 0 Å². The van der Waals surface area contributed by atoms with Crippen LogP contribution >= 0.6 is 11.8 Å². The van der Waals surface area contributed by atoms with Gasteiger partial charge in [-0.25, -0.2) is 0 Å². The second-order valence-corrected chi connectivity index (χ2v) is 8.31. The summed E-state index contributed by atoms with van der Waals surface area (Å²) < 4.78 is 0. The Morgan fingerprint density at radius 2 is 1.90 bits per heavy atom. The van der Waals surface area contributed by atoms with Crippen molar-refractivity contribution in [3.05, 3.63) is 54.1 Å². The maximum Gasteiger partial charge on any atom is 0.250 e. The second kappa shape index (κ2) is 8.59. The van der Waals surface area contributed by atoms with Gasteiger partial charge in [0.1, 0.15) is 6.54 Å². The molecule has 2 aliphatic rings. The van der Waals surface area contributed by atoms with Crippen LogP contribution in [0.5, 0.6) is 0 Å². The quantitative estimate of drug-likeness (QED) is 0.768. The normalized spacial score (nSPS) is 18.0. The average molecular weight is 420 g/mol. The summed E-state index contributed by atoms with van der Waals surface area (Å²) in [5.41, 5.74) is 1.54. The summed E-state index contributed by atoms with van der Waals surface area (Å²) in [6.07, 6.45) is 1.89. The molecule has 0 bridgehead atoms. The summed E-state index contributed by atoms with van der Waals surface area (Å²) in [7, 11) is 0. The van der Waals surface area contributed by atoms with Gasteiger partial charge in [-0.15, -0.1) is 11.8 Å². The van der Waals surface area contributed by atoms with Crippen LogP contribution in [-0.2, 0) is 14.4 Å². The smallest absolute Gasteiger partial charge is 0.250 e. The van der Waals surface area contributed by atoms with Gasteiger partial charge < -0.3 is 15.1 Å². The maximum absolute atomic E-state index is 13.2. The van der Waals surface area contributed by atoms with Crippen molar-refractivity contribution in [3.8, 4) is 6.07 Å². The van der Waals surface area contributed by atoms with E-state index in [1.807, 2.05) is 18.2 Å². The molecule has 4 rings (SSSR count). The third-order valence-electron chi connectivity index (χ3n) is 5.11. The van der Waals surface area contributed by atoms with Gasteiger partial charge in [0.15, 0.2) is 5.25 Å². The van der Waals surface area contributed by atoms with Crippen molar-refractivity contribution in [1.29, 1.82) is 5.26 Å². The van der Waals surface area contributed by atoms with Crippen LogP contribution in [0.3, 0.4) is 0 Å². The minimum Gasteiger partial charge on any atom is -0.341 e. The minimum absolute atomic E-state index is 0.191. The molecular formula is C22H20N4O3S. The molecule has 0 saturated carbocycles. The first-order valence-corrected chi connectivity index (χ1v) is 10.6. The van der Waals surface area contributed by atoms with Crippen molar-refractivity contribution in [1.82, 2.24) is 4.90 Å². The number of carbonyl (C=O) groups excluding carboxylic acids is 3. The van der Waals surface area contributed by atoms with Crippen LogP contribution in [0.15, 0.2) is 53.4 Å². The molecule has 2 aliphatic heterocycles.